The number of rotatable bonds is 4. The van der Waals surface area contributed by atoms with Crippen LogP contribution in [0.4, 0.5) is 13.2 Å². The molecule has 1 aromatic carbocycles. The Morgan fingerprint density at radius 2 is 2.06 bits per heavy atom. The van der Waals surface area contributed by atoms with Crippen molar-refractivity contribution in [1.82, 2.24) is 19.9 Å². The van der Waals surface area contributed by atoms with Gasteiger partial charge in [0.25, 0.3) is 12.3 Å². The lowest BCUT2D eigenvalue weighted by atomic mass is 9.99. The van der Waals surface area contributed by atoms with Crippen LogP contribution in [0.2, 0.25) is 0 Å². The van der Waals surface area contributed by atoms with Crippen molar-refractivity contribution in [2.24, 2.45) is 0 Å². The fourth-order valence-electron chi connectivity index (χ4n) is 3.99. The SMILES string of the molecule is CC(C)(O)c1nc(C(F)F)c(C(=O)N2CCc3[nH]cnc3[C@H]2c2oc3ccccc3c2F)o1. The van der Waals surface area contributed by atoms with E-state index in [1.165, 1.54) is 25.1 Å². The van der Waals surface area contributed by atoms with Crippen molar-refractivity contribution < 1.29 is 31.9 Å². The van der Waals surface area contributed by atoms with E-state index < -0.39 is 47.1 Å². The van der Waals surface area contributed by atoms with E-state index in [2.05, 4.69) is 15.0 Å². The minimum Gasteiger partial charge on any atom is -0.455 e. The standard InChI is InChI=1S/C22H19F3N4O4/c1-22(2,31)21-28-15(19(24)25)18(33-21)20(30)29-8-7-11-14(27-9-26-11)16(29)17-13(23)10-5-3-4-6-12(10)32-17/h3-6,9,16,19,31H,7-8H2,1-2H3,(H,26,27)/t16-/m0/s1. The molecule has 0 bridgehead atoms. The number of aliphatic hydroxyl groups is 1. The highest BCUT2D eigenvalue weighted by Gasteiger charge is 2.42. The third-order valence-electron chi connectivity index (χ3n) is 5.57. The van der Waals surface area contributed by atoms with Crippen LogP contribution in [0.5, 0.6) is 0 Å². The summed E-state index contributed by atoms with van der Waals surface area (Å²) in [6.45, 7) is 2.65. The Labute approximate surface area is 185 Å². The number of nitrogens with one attached hydrogen (secondary N) is 1. The van der Waals surface area contributed by atoms with Gasteiger partial charge < -0.3 is 23.8 Å². The molecule has 0 spiro atoms. The van der Waals surface area contributed by atoms with Gasteiger partial charge in [-0.15, -0.1) is 0 Å². The van der Waals surface area contributed by atoms with Crippen LogP contribution >= 0.6 is 0 Å². The van der Waals surface area contributed by atoms with Crippen molar-refractivity contribution >= 4 is 16.9 Å². The molecule has 11 heteroatoms. The smallest absolute Gasteiger partial charge is 0.292 e. The molecule has 4 heterocycles. The molecule has 0 fully saturated rings. The van der Waals surface area contributed by atoms with Crippen molar-refractivity contribution in [2.45, 2.75) is 38.3 Å². The molecular weight excluding hydrogens is 441 g/mol. The predicted octanol–water partition coefficient (Wildman–Crippen LogP) is 4.24. The quantitative estimate of drug-likeness (QED) is 0.472. The number of oxazole rings is 1. The zero-order valence-corrected chi connectivity index (χ0v) is 17.6. The minimum absolute atomic E-state index is 0.0520. The molecule has 5 rings (SSSR count). The Morgan fingerprint density at radius 1 is 1.30 bits per heavy atom. The number of carbonyl (C=O) groups excluding carboxylic acids is 1. The number of carbonyl (C=O) groups is 1. The maximum atomic E-state index is 15.4. The zero-order valence-electron chi connectivity index (χ0n) is 17.6. The van der Waals surface area contributed by atoms with E-state index in [4.69, 9.17) is 8.83 Å². The summed E-state index contributed by atoms with van der Waals surface area (Å²) in [6, 6.07) is 5.33. The summed E-state index contributed by atoms with van der Waals surface area (Å²) in [6.07, 6.45) is -1.39. The molecule has 172 valence electrons. The van der Waals surface area contributed by atoms with E-state index in [-0.39, 0.29) is 23.3 Å². The number of para-hydroxylation sites is 1. The topological polar surface area (TPSA) is 108 Å². The molecule has 3 aromatic heterocycles. The van der Waals surface area contributed by atoms with E-state index in [0.717, 1.165) is 0 Å². The lowest BCUT2D eigenvalue weighted by Gasteiger charge is -2.33. The molecule has 1 amide bonds. The number of imidazole rings is 1. The maximum absolute atomic E-state index is 15.4. The van der Waals surface area contributed by atoms with Crippen molar-refractivity contribution in [3.63, 3.8) is 0 Å². The number of alkyl halides is 2. The molecule has 1 atom stereocenters. The van der Waals surface area contributed by atoms with Crippen LogP contribution in [0.15, 0.2) is 39.4 Å². The fourth-order valence-corrected chi connectivity index (χ4v) is 3.99. The van der Waals surface area contributed by atoms with Gasteiger partial charge in [0.05, 0.1) is 17.4 Å². The summed E-state index contributed by atoms with van der Waals surface area (Å²) in [5.74, 6) is -2.92. The molecule has 0 saturated carbocycles. The van der Waals surface area contributed by atoms with Crippen LogP contribution in [-0.2, 0) is 12.0 Å². The number of aromatic amines is 1. The minimum atomic E-state index is -3.13. The van der Waals surface area contributed by atoms with Gasteiger partial charge in [0.1, 0.15) is 17.2 Å². The number of H-pyrrole nitrogens is 1. The number of fused-ring (bicyclic) bond motifs is 2. The molecule has 33 heavy (non-hydrogen) atoms. The Morgan fingerprint density at radius 3 is 2.76 bits per heavy atom. The normalized spacial score (nSPS) is 16.6. The fraction of sp³-hybridized carbons (Fsp3) is 0.318. The second-order valence-corrected chi connectivity index (χ2v) is 8.29. The number of halogens is 3. The average molecular weight is 460 g/mol. The Balaban J connectivity index is 1.65. The summed E-state index contributed by atoms with van der Waals surface area (Å²) >= 11 is 0. The van der Waals surface area contributed by atoms with E-state index in [1.54, 1.807) is 24.3 Å². The zero-order chi connectivity index (χ0) is 23.5. The summed E-state index contributed by atoms with van der Waals surface area (Å²) < 4.78 is 53.8. The van der Waals surface area contributed by atoms with Crippen molar-refractivity contribution in [1.29, 1.82) is 0 Å². The van der Waals surface area contributed by atoms with Crippen LogP contribution in [-0.4, -0.2) is 37.4 Å². The Hall–Kier alpha value is -3.60. The number of hydrogen-bond acceptors (Lipinski definition) is 6. The second kappa shape index (κ2) is 7.48. The monoisotopic (exact) mass is 460 g/mol. The van der Waals surface area contributed by atoms with Gasteiger partial charge in [-0.1, -0.05) is 12.1 Å². The highest BCUT2D eigenvalue weighted by Crippen LogP contribution is 2.40. The summed E-state index contributed by atoms with van der Waals surface area (Å²) in [5.41, 5.74) is -1.30. The van der Waals surface area contributed by atoms with Gasteiger partial charge in [-0.25, -0.2) is 23.1 Å². The highest BCUT2D eigenvalue weighted by molar-refractivity contribution is 5.93. The number of amides is 1. The lowest BCUT2D eigenvalue weighted by molar-refractivity contribution is 0.0437. The van der Waals surface area contributed by atoms with E-state index in [9.17, 15) is 18.7 Å². The molecule has 0 unspecified atom stereocenters. The molecular formula is C22H19F3N4O4. The summed E-state index contributed by atoms with van der Waals surface area (Å²) in [5, 5.41) is 10.4. The van der Waals surface area contributed by atoms with Crippen LogP contribution < -0.4 is 0 Å². The highest BCUT2D eigenvalue weighted by atomic mass is 19.3. The van der Waals surface area contributed by atoms with Crippen molar-refractivity contribution in [3.05, 3.63) is 70.9 Å². The van der Waals surface area contributed by atoms with Gasteiger partial charge >= 0.3 is 0 Å². The van der Waals surface area contributed by atoms with Gasteiger partial charge in [0, 0.05) is 18.7 Å². The predicted molar refractivity (Wildman–Crippen MR) is 108 cm³/mol. The molecule has 1 aliphatic heterocycles. The van der Waals surface area contributed by atoms with E-state index in [1.807, 2.05) is 0 Å². The maximum Gasteiger partial charge on any atom is 0.292 e. The van der Waals surface area contributed by atoms with Crippen LogP contribution in [0.3, 0.4) is 0 Å². The van der Waals surface area contributed by atoms with E-state index in [0.29, 0.717) is 17.8 Å². The number of aromatic nitrogens is 3. The molecule has 8 nitrogen and oxygen atoms in total. The lowest BCUT2D eigenvalue weighted by Crippen LogP contribution is -2.41. The third-order valence-corrected chi connectivity index (χ3v) is 5.57. The Bertz CT molecular complexity index is 1350. The summed E-state index contributed by atoms with van der Waals surface area (Å²) in [7, 11) is 0. The first-order valence-electron chi connectivity index (χ1n) is 10.2. The van der Waals surface area contributed by atoms with Gasteiger partial charge in [-0.2, -0.15) is 0 Å². The van der Waals surface area contributed by atoms with Crippen LogP contribution in [0.25, 0.3) is 11.0 Å². The van der Waals surface area contributed by atoms with Crippen LogP contribution in [0, 0.1) is 5.82 Å². The van der Waals surface area contributed by atoms with E-state index >= 15 is 4.39 Å². The first-order chi connectivity index (χ1) is 15.7. The first kappa shape index (κ1) is 21.3. The molecule has 0 aliphatic carbocycles. The first-order valence-corrected chi connectivity index (χ1v) is 10.2. The molecule has 0 radical (unpaired) electrons. The Kier molecular flexibility index (Phi) is 4.82. The largest absolute Gasteiger partial charge is 0.455 e. The summed E-state index contributed by atoms with van der Waals surface area (Å²) in [4.78, 5) is 25.5. The van der Waals surface area contributed by atoms with Gasteiger partial charge in [-0.3, -0.25) is 4.79 Å². The van der Waals surface area contributed by atoms with Crippen molar-refractivity contribution in [2.75, 3.05) is 6.54 Å². The molecule has 2 N–H and O–H groups in total. The molecule has 0 saturated heterocycles. The third kappa shape index (κ3) is 3.39. The molecule has 1 aliphatic rings. The molecule has 4 aromatic rings. The van der Waals surface area contributed by atoms with Gasteiger partial charge in [0.15, 0.2) is 17.3 Å². The number of hydrogen-bond donors (Lipinski definition) is 2. The van der Waals surface area contributed by atoms with Crippen molar-refractivity contribution in [3.8, 4) is 0 Å². The van der Waals surface area contributed by atoms with Gasteiger partial charge in [0.2, 0.25) is 11.7 Å². The second-order valence-electron chi connectivity index (χ2n) is 8.29. The number of nitrogens with zero attached hydrogens (tertiary/aromatic N) is 3. The van der Waals surface area contributed by atoms with Gasteiger partial charge in [-0.05, 0) is 26.0 Å². The van der Waals surface area contributed by atoms with Crippen LogP contribution in [0.1, 0.15) is 65.6 Å². The number of benzene rings is 1. The average Bonchev–Trinajstić information content (AvgIpc) is 3.49. The number of furan rings is 1.